The van der Waals surface area contributed by atoms with Crippen molar-refractivity contribution in [3.8, 4) is 0 Å². The first-order chi connectivity index (χ1) is 8.72. The van der Waals surface area contributed by atoms with Crippen LogP contribution in [0.3, 0.4) is 0 Å². The average Bonchev–Trinajstić information content (AvgIpc) is 2.65. The fourth-order valence-corrected chi connectivity index (χ4v) is 1.97. The van der Waals surface area contributed by atoms with Crippen LogP contribution in [-0.4, -0.2) is 41.4 Å². The average molecular weight is 247 g/mol. The van der Waals surface area contributed by atoms with Crippen molar-refractivity contribution in [2.75, 3.05) is 19.6 Å². The number of hydrogen-bond acceptors (Lipinski definition) is 3. The third kappa shape index (κ3) is 2.68. The van der Waals surface area contributed by atoms with Gasteiger partial charge in [-0.25, -0.2) is 4.79 Å². The number of hydrogen-bond donors (Lipinski definition) is 1. The fraction of sp³-hybridized carbons (Fsp3) is 0.385. The SMILES string of the molecule is NCCCN1CC(=O)N(Cc2ccccc2)C1=O. The van der Waals surface area contributed by atoms with Crippen LogP contribution in [0.1, 0.15) is 12.0 Å². The Bertz CT molecular complexity index is 433. The molecule has 0 bridgehead atoms. The second-order valence-corrected chi connectivity index (χ2v) is 4.31. The number of carbonyl (C=O) groups excluding carboxylic acids is 2. The quantitative estimate of drug-likeness (QED) is 0.783. The van der Waals surface area contributed by atoms with E-state index in [1.54, 1.807) is 4.90 Å². The molecule has 2 rings (SSSR count). The lowest BCUT2D eigenvalue weighted by atomic mass is 10.2. The molecule has 0 saturated carbocycles. The summed E-state index contributed by atoms with van der Waals surface area (Å²) in [5.41, 5.74) is 6.37. The Kier molecular flexibility index (Phi) is 3.94. The molecular formula is C13H17N3O2. The molecule has 1 aromatic carbocycles. The van der Waals surface area contributed by atoms with Crippen molar-refractivity contribution < 1.29 is 9.59 Å². The van der Waals surface area contributed by atoms with E-state index in [1.807, 2.05) is 30.3 Å². The Morgan fingerprint density at radius 3 is 2.56 bits per heavy atom. The van der Waals surface area contributed by atoms with Crippen molar-refractivity contribution in [2.45, 2.75) is 13.0 Å². The molecule has 1 heterocycles. The molecule has 0 radical (unpaired) electrons. The molecule has 0 unspecified atom stereocenters. The second-order valence-electron chi connectivity index (χ2n) is 4.31. The van der Waals surface area contributed by atoms with Gasteiger partial charge in [-0.2, -0.15) is 0 Å². The summed E-state index contributed by atoms with van der Waals surface area (Å²) in [6.45, 7) is 1.59. The zero-order chi connectivity index (χ0) is 13.0. The highest BCUT2D eigenvalue weighted by Crippen LogP contribution is 2.14. The van der Waals surface area contributed by atoms with E-state index in [9.17, 15) is 9.59 Å². The van der Waals surface area contributed by atoms with Crippen molar-refractivity contribution in [3.63, 3.8) is 0 Å². The maximum atomic E-state index is 12.0. The Labute approximate surface area is 106 Å². The molecule has 96 valence electrons. The molecule has 3 amide bonds. The summed E-state index contributed by atoms with van der Waals surface area (Å²) in [6, 6.07) is 9.30. The summed E-state index contributed by atoms with van der Waals surface area (Å²) in [5.74, 6) is -0.138. The zero-order valence-electron chi connectivity index (χ0n) is 10.2. The first-order valence-electron chi connectivity index (χ1n) is 6.05. The smallest absolute Gasteiger partial charge is 0.327 e. The molecule has 18 heavy (non-hydrogen) atoms. The van der Waals surface area contributed by atoms with Gasteiger partial charge in [-0.15, -0.1) is 0 Å². The van der Waals surface area contributed by atoms with Gasteiger partial charge in [0.2, 0.25) is 0 Å². The molecule has 1 aliphatic rings. The highest BCUT2D eigenvalue weighted by atomic mass is 16.2. The van der Waals surface area contributed by atoms with Crippen molar-refractivity contribution in [1.82, 2.24) is 9.80 Å². The van der Waals surface area contributed by atoms with Crippen LogP contribution in [0.15, 0.2) is 30.3 Å². The van der Waals surface area contributed by atoms with E-state index in [4.69, 9.17) is 5.73 Å². The Morgan fingerprint density at radius 2 is 1.89 bits per heavy atom. The van der Waals surface area contributed by atoms with Gasteiger partial charge in [0.1, 0.15) is 6.54 Å². The Hall–Kier alpha value is -1.88. The summed E-state index contributed by atoms with van der Waals surface area (Å²) in [4.78, 5) is 26.7. The normalized spacial score (nSPS) is 15.6. The van der Waals surface area contributed by atoms with Gasteiger partial charge >= 0.3 is 6.03 Å². The van der Waals surface area contributed by atoms with Crippen molar-refractivity contribution >= 4 is 11.9 Å². The first-order valence-corrected chi connectivity index (χ1v) is 6.05. The number of rotatable bonds is 5. The summed E-state index contributed by atoms with van der Waals surface area (Å²) in [6.07, 6.45) is 0.720. The van der Waals surface area contributed by atoms with Crippen molar-refractivity contribution in [3.05, 3.63) is 35.9 Å². The zero-order valence-corrected chi connectivity index (χ0v) is 10.2. The van der Waals surface area contributed by atoms with Crippen molar-refractivity contribution in [1.29, 1.82) is 0 Å². The van der Waals surface area contributed by atoms with Crippen molar-refractivity contribution in [2.24, 2.45) is 5.73 Å². The van der Waals surface area contributed by atoms with Gasteiger partial charge in [0, 0.05) is 6.54 Å². The predicted molar refractivity (Wildman–Crippen MR) is 67.6 cm³/mol. The minimum atomic E-state index is -0.211. The summed E-state index contributed by atoms with van der Waals surface area (Å²) in [7, 11) is 0. The molecule has 5 nitrogen and oxygen atoms in total. The fourth-order valence-electron chi connectivity index (χ4n) is 1.97. The van der Waals surface area contributed by atoms with E-state index in [0.29, 0.717) is 19.6 Å². The highest BCUT2D eigenvalue weighted by Gasteiger charge is 2.35. The largest absolute Gasteiger partial charge is 0.330 e. The van der Waals surface area contributed by atoms with E-state index in [0.717, 1.165) is 12.0 Å². The molecule has 1 saturated heterocycles. The Balaban J connectivity index is 2.01. The molecule has 0 aromatic heterocycles. The van der Waals surface area contributed by atoms with Crippen LogP contribution in [0.25, 0.3) is 0 Å². The molecule has 0 aliphatic carbocycles. The van der Waals surface area contributed by atoms with Crippen LogP contribution in [0.2, 0.25) is 0 Å². The number of benzene rings is 1. The molecule has 1 aromatic rings. The van der Waals surface area contributed by atoms with Gasteiger partial charge in [-0.05, 0) is 18.5 Å². The summed E-state index contributed by atoms with van der Waals surface area (Å²) < 4.78 is 0. The van der Waals surface area contributed by atoms with Gasteiger partial charge in [0.25, 0.3) is 5.91 Å². The lowest BCUT2D eigenvalue weighted by molar-refractivity contribution is -0.125. The van der Waals surface area contributed by atoms with E-state index in [2.05, 4.69) is 0 Å². The van der Waals surface area contributed by atoms with Crippen LogP contribution in [0, 0.1) is 0 Å². The van der Waals surface area contributed by atoms with Crippen LogP contribution in [-0.2, 0) is 11.3 Å². The number of urea groups is 1. The Morgan fingerprint density at radius 1 is 1.17 bits per heavy atom. The van der Waals surface area contributed by atoms with Gasteiger partial charge in [0.15, 0.2) is 0 Å². The maximum Gasteiger partial charge on any atom is 0.327 e. The topological polar surface area (TPSA) is 66.6 Å². The van der Waals surface area contributed by atoms with E-state index < -0.39 is 0 Å². The summed E-state index contributed by atoms with van der Waals surface area (Å²) in [5, 5.41) is 0. The number of nitrogens with two attached hydrogens (primary N) is 1. The van der Waals surface area contributed by atoms with Gasteiger partial charge in [-0.1, -0.05) is 30.3 Å². The molecule has 2 N–H and O–H groups in total. The minimum Gasteiger partial charge on any atom is -0.330 e. The van der Waals surface area contributed by atoms with E-state index in [1.165, 1.54) is 4.90 Å². The lowest BCUT2D eigenvalue weighted by Gasteiger charge is -2.16. The van der Waals surface area contributed by atoms with E-state index in [-0.39, 0.29) is 18.5 Å². The standard InChI is InChI=1S/C13H17N3O2/c14-7-4-8-15-10-12(17)16(13(15)18)9-11-5-2-1-3-6-11/h1-3,5-6H,4,7-10,14H2. The molecular weight excluding hydrogens is 230 g/mol. The van der Waals surface area contributed by atoms with Crippen LogP contribution in [0.5, 0.6) is 0 Å². The number of imide groups is 1. The predicted octanol–water partition coefficient (Wildman–Crippen LogP) is 0.800. The molecule has 1 aliphatic heterocycles. The third-order valence-electron chi connectivity index (χ3n) is 2.94. The van der Waals surface area contributed by atoms with Gasteiger partial charge in [-0.3, -0.25) is 9.69 Å². The highest BCUT2D eigenvalue weighted by molar-refractivity contribution is 6.01. The molecule has 1 fully saturated rings. The van der Waals surface area contributed by atoms with Crippen LogP contribution in [0.4, 0.5) is 4.79 Å². The molecule has 0 spiro atoms. The minimum absolute atomic E-state index is 0.138. The third-order valence-corrected chi connectivity index (χ3v) is 2.94. The lowest BCUT2D eigenvalue weighted by Crippen LogP contribution is -2.33. The second kappa shape index (κ2) is 5.64. The van der Waals surface area contributed by atoms with Crippen LogP contribution >= 0.6 is 0 Å². The number of nitrogens with zero attached hydrogens (tertiary/aromatic N) is 2. The summed E-state index contributed by atoms with van der Waals surface area (Å²) >= 11 is 0. The monoisotopic (exact) mass is 247 g/mol. The number of carbonyl (C=O) groups is 2. The first kappa shape index (κ1) is 12.6. The van der Waals surface area contributed by atoms with Crippen LogP contribution < -0.4 is 5.73 Å². The van der Waals surface area contributed by atoms with E-state index >= 15 is 0 Å². The van der Waals surface area contributed by atoms with Gasteiger partial charge < -0.3 is 10.6 Å². The molecule has 0 atom stereocenters. The number of amides is 3. The molecule has 5 heteroatoms. The van der Waals surface area contributed by atoms with Gasteiger partial charge in [0.05, 0.1) is 6.54 Å². The maximum absolute atomic E-state index is 12.0.